The molecule has 1 aliphatic heterocycles. The standard InChI is InChI=1S/C17H20ClN3O/c1-22-15-4-2-3-14(9-15)21-8-6-13(12-21)10-20-17-5-7-19-11-16(17)18/h2-5,7,9,11,13H,6,8,10,12H2,1H3,(H,19,20). The van der Waals surface area contributed by atoms with Gasteiger partial charge in [-0.2, -0.15) is 0 Å². The molecule has 2 aromatic rings. The molecule has 5 heteroatoms. The highest BCUT2D eigenvalue weighted by molar-refractivity contribution is 6.33. The summed E-state index contributed by atoms with van der Waals surface area (Å²) in [6.45, 7) is 3.04. The second-order valence-electron chi connectivity index (χ2n) is 5.54. The lowest BCUT2D eigenvalue weighted by Gasteiger charge is -2.19. The lowest BCUT2D eigenvalue weighted by Crippen LogP contribution is -2.22. The Hall–Kier alpha value is -1.94. The van der Waals surface area contributed by atoms with E-state index in [1.54, 1.807) is 19.5 Å². The molecule has 0 spiro atoms. The van der Waals surface area contributed by atoms with Crippen LogP contribution in [0.4, 0.5) is 11.4 Å². The molecule has 0 bridgehead atoms. The summed E-state index contributed by atoms with van der Waals surface area (Å²) in [5, 5.41) is 4.10. The summed E-state index contributed by atoms with van der Waals surface area (Å²) in [5.41, 5.74) is 2.18. The van der Waals surface area contributed by atoms with Crippen LogP contribution in [-0.2, 0) is 0 Å². The minimum Gasteiger partial charge on any atom is -0.497 e. The van der Waals surface area contributed by atoms with Crippen molar-refractivity contribution in [1.82, 2.24) is 4.98 Å². The zero-order valence-corrected chi connectivity index (χ0v) is 13.4. The Labute approximate surface area is 136 Å². The van der Waals surface area contributed by atoms with Gasteiger partial charge < -0.3 is 15.0 Å². The van der Waals surface area contributed by atoms with E-state index in [-0.39, 0.29) is 0 Å². The minimum absolute atomic E-state index is 0.607. The highest BCUT2D eigenvalue weighted by Gasteiger charge is 2.22. The van der Waals surface area contributed by atoms with Crippen LogP contribution in [0.15, 0.2) is 42.7 Å². The van der Waals surface area contributed by atoms with Crippen molar-refractivity contribution < 1.29 is 4.74 Å². The van der Waals surface area contributed by atoms with E-state index < -0.39 is 0 Å². The van der Waals surface area contributed by atoms with E-state index in [0.717, 1.165) is 31.1 Å². The molecule has 1 aliphatic rings. The summed E-state index contributed by atoms with van der Waals surface area (Å²) < 4.78 is 5.30. The van der Waals surface area contributed by atoms with Crippen LogP contribution in [0.1, 0.15) is 6.42 Å². The number of anilines is 2. The van der Waals surface area contributed by atoms with E-state index in [1.165, 1.54) is 12.1 Å². The van der Waals surface area contributed by atoms with Gasteiger partial charge in [-0.15, -0.1) is 0 Å². The maximum absolute atomic E-state index is 6.12. The summed E-state index contributed by atoms with van der Waals surface area (Å²) in [4.78, 5) is 6.41. The van der Waals surface area contributed by atoms with E-state index >= 15 is 0 Å². The molecule has 0 amide bonds. The maximum atomic E-state index is 6.12. The first-order chi connectivity index (χ1) is 10.8. The molecule has 2 heterocycles. The first kappa shape index (κ1) is 15.0. The lowest BCUT2D eigenvalue weighted by molar-refractivity contribution is 0.415. The SMILES string of the molecule is COc1cccc(N2CCC(CNc3ccncc3Cl)C2)c1. The van der Waals surface area contributed by atoms with Crippen molar-refractivity contribution in [2.45, 2.75) is 6.42 Å². The molecule has 0 aliphatic carbocycles. The Morgan fingerprint density at radius 2 is 2.32 bits per heavy atom. The Morgan fingerprint density at radius 3 is 3.14 bits per heavy atom. The molecule has 1 unspecified atom stereocenters. The summed E-state index contributed by atoms with van der Waals surface area (Å²) in [6, 6.07) is 10.2. The summed E-state index contributed by atoms with van der Waals surface area (Å²) in [6.07, 6.45) is 4.60. The van der Waals surface area contributed by atoms with Crippen LogP contribution in [-0.4, -0.2) is 31.7 Å². The fourth-order valence-electron chi connectivity index (χ4n) is 2.81. The number of hydrogen-bond acceptors (Lipinski definition) is 4. The van der Waals surface area contributed by atoms with Gasteiger partial charge in [0.25, 0.3) is 0 Å². The Morgan fingerprint density at radius 1 is 1.41 bits per heavy atom. The number of rotatable bonds is 5. The van der Waals surface area contributed by atoms with Crippen LogP contribution in [0.25, 0.3) is 0 Å². The number of pyridine rings is 1. The van der Waals surface area contributed by atoms with Gasteiger partial charge in [-0.1, -0.05) is 17.7 Å². The van der Waals surface area contributed by atoms with Gasteiger partial charge in [-0.3, -0.25) is 4.98 Å². The molecule has 1 N–H and O–H groups in total. The minimum atomic E-state index is 0.607. The van der Waals surface area contributed by atoms with Crippen molar-refractivity contribution in [2.24, 2.45) is 5.92 Å². The molecule has 0 radical (unpaired) electrons. The monoisotopic (exact) mass is 317 g/mol. The molecule has 3 rings (SSSR count). The Balaban J connectivity index is 1.57. The molecule has 1 saturated heterocycles. The zero-order chi connectivity index (χ0) is 15.4. The topological polar surface area (TPSA) is 37.4 Å². The molecule has 22 heavy (non-hydrogen) atoms. The van der Waals surface area contributed by atoms with Gasteiger partial charge in [0.2, 0.25) is 0 Å². The fraction of sp³-hybridized carbons (Fsp3) is 0.353. The zero-order valence-electron chi connectivity index (χ0n) is 12.6. The summed E-state index contributed by atoms with van der Waals surface area (Å²) in [7, 11) is 1.70. The summed E-state index contributed by atoms with van der Waals surface area (Å²) in [5.74, 6) is 1.51. The van der Waals surface area contributed by atoms with Gasteiger partial charge >= 0.3 is 0 Å². The number of nitrogens with zero attached hydrogens (tertiary/aromatic N) is 2. The van der Waals surface area contributed by atoms with Crippen LogP contribution in [0, 0.1) is 5.92 Å². The Bertz CT molecular complexity index is 635. The van der Waals surface area contributed by atoms with E-state index in [1.807, 2.05) is 18.2 Å². The van der Waals surface area contributed by atoms with E-state index in [0.29, 0.717) is 10.9 Å². The van der Waals surface area contributed by atoms with Gasteiger partial charge in [0.15, 0.2) is 0 Å². The van der Waals surface area contributed by atoms with Crippen molar-refractivity contribution in [2.75, 3.05) is 37.0 Å². The number of aromatic nitrogens is 1. The van der Waals surface area contributed by atoms with Crippen molar-refractivity contribution in [3.63, 3.8) is 0 Å². The normalized spacial score (nSPS) is 17.5. The third-order valence-electron chi connectivity index (χ3n) is 4.06. The molecule has 116 valence electrons. The van der Waals surface area contributed by atoms with Gasteiger partial charge in [-0.25, -0.2) is 0 Å². The number of methoxy groups -OCH3 is 1. The van der Waals surface area contributed by atoms with Crippen molar-refractivity contribution in [1.29, 1.82) is 0 Å². The van der Waals surface area contributed by atoms with Gasteiger partial charge in [-0.05, 0) is 30.5 Å². The van der Waals surface area contributed by atoms with Crippen LogP contribution in [0.3, 0.4) is 0 Å². The second kappa shape index (κ2) is 6.88. The number of halogens is 1. The Kier molecular flexibility index (Phi) is 4.68. The molecule has 4 nitrogen and oxygen atoms in total. The number of ether oxygens (including phenoxy) is 1. The van der Waals surface area contributed by atoms with Crippen LogP contribution in [0.5, 0.6) is 5.75 Å². The van der Waals surface area contributed by atoms with Crippen LogP contribution >= 0.6 is 11.6 Å². The van der Waals surface area contributed by atoms with Crippen molar-refractivity contribution in [3.8, 4) is 5.75 Å². The fourth-order valence-corrected chi connectivity index (χ4v) is 3.00. The number of benzene rings is 1. The quantitative estimate of drug-likeness (QED) is 0.912. The predicted molar refractivity (Wildman–Crippen MR) is 91.1 cm³/mol. The van der Waals surface area contributed by atoms with Crippen molar-refractivity contribution >= 4 is 23.0 Å². The lowest BCUT2D eigenvalue weighted by atomic mass is 10.1. The van der Waals surface area contributed by atoms with Crippen LogP contribution in [0.2, 0.25) is 5.02 Å². The van der Waals surface area contributed by atoms with Crippen LogP contribution < -0.4 is 15.0 Å². The third kappa shape index (κ3) is 3.45. The molecular weight excluding hydrogens is 298 g/mol. The molecule has 1 atom stereocenters. The highest BCUT2D eigenvalue weighted by Crippen LogP contribution is 2.27. The molecule has 1 aromatic carbocycles. The highest BCUT2D eigenvalue weighted by atomic mass is 35.5. The first-order valence-electron chi connectivity index (χ1n) is 7.48. The molecule has 1 fully saturated rings. The van der Waals surface area contributed by atoms with Crippen molar-refractivity contribution in [3.05, 3.63) is 47.7 Å². The first-order valence-corrected chi connectivity index (χ1v) is 7.86. The predicted octanol–water partition coefficient (Wildman–Crippen LogP) is 3.68. The second-order valence-corrected chi connectivity index (χ2v) is 5.95. The van der Waals surface area contributed by atoms with E-state index in [9.17, 15) is 0 Å². The third-order valence-corrected chi connectivity index (χ3v) is 4.36. The number of nitrogens with one attached hydrogen (secondary N) is 1. The van der Waals surface area contributed by atoms with Gasteiger partial charge in [0.05, 0.1) is 17.8 Å². The molecule has 0 saturated carbocycles. The smallest absolute Gasteiger partial charge is 0.120 e. The van der Waals surface area contributed by atoms with E-state index in [4.69, 9.17) is 16.3 Å². The van der Waals surface area contributed by atoms with Gasteiger partial charge in [0.1, 0.15) is 5.75 Å². The molecule has 1 aromatic heterocycles. The van der Waals surface area contributed by atoms with E-state index in [2.05, 4.69) is 27.3 Å². The average molecular weight is 318 g/mol. The average Bonchev–Trinajstić information content (AvgIpc) is 3.03. The largest absolute Gasteiger partial charge is 0.497 e. The van der Waals surface area contributed by atoms with Gasteiger partial charge in [0, 0.05) is 43.8 Å². The number of hydrogen-bond donors (Lipinski definition) is 1. The maximum Gasteiger partial charge on any atom is 0.120 e. The molecular formula is C17H20ClN3O. The summed E-state index contributed by atoms with van der Waals surface area (Å²) >= 11 is 6.12.